The Balaban J connectivity index is 1.79. The van der Waals surface area contributed by atoms with Crippen molar-refractivity contribution in [3.05, 3.63) is 65.0 Å². The molecular weight excluding hydrogens is 352 g/mol. The molecule has 0 unspecified atom stereocenters. The van der Waals surface area contributed by atoms with Crippen LogP contribution in [-0.4, -0.2) is 31.1 Å². The van der Waals surface area contributed by atoms with Crippen molar-refractivity contribution < 1.29 is 19.1 Å². The lowest BCUT2D eigenvalue weighted by Gasteiger charge is -2.05. The summed E-state index contributed by atoms with van der Waals surface area (Å²) in [6, 6.07) is 13.9. The highest BCUT2D eigenvalue weighted by molar-refractivity contribution is 7.14. The summed E-state index contributed by atoms with van der Waals surface area (Å²) in [4.78, 5) is 28.5. The highest BCUT2D eigenvalue weighted by atomic mass is 32.1. The van der Waals surface area contributed by atoms with Crippen molar-refractivity contribution in [2.75, 3.05) is 19.5 Å². The summed E-state index contributed by atoms with van der Waals surface area (Å²) in [5.74, 6) is -0.134. The smallest absolute Gasteiger partial charge is 0.337 e. The summed E-state index contributed by atoms with van der Waals surface area (Å²) in [6.07, 6.45) is 0. The third-order valence-corrected chi connectivity index (χ3v) is 4.41. The number of carbonyl (C=O) groups is 2. The molecule has 132 valence electrons. The van der Waals surface area contributed by atoms with Gasteiger partial charge in [-0.25, -0.2) is 9.78 Å². The second kappa shape index (κ2) is 7.79. The SMILES string of the molecule is COC(=O)c1cccc(C(=O)Nc2nc(-c3ccccc3OC)cs2)c1. The molecule has 26 heavy (non-hydrogen) atoms. The zero-order valence-electron chi connectivity index (χ0n) is 14.2. The number of hydrogen-bond acceptors (Lipinski definition) is 6. The van der Waals surface area contributed by atoms with Crippen molar-refractivity contribution in [3.63, 3.8) is 0 Å². The van der Waals surface area contributed by atoms with E-state index in [1.54, 1.807) is 25.3 Å². The van der Waals surface area contributed by atoms with Gasteiger partial charge in [-0.2, -0.15) is 0 Å². The predicted octanol–water partition coefficient (Wildman–Crippen LogP) is 3.86. The Morgan fingerprint density at radius 1 is 1.04 bits per heavy atom. The third-order valence-electron chi connectivity index (χ3n) is 3.65. The molecule has 1 N–H and O–H groups in total. The van der Waals surface area contributed by atoms with Crippen LogP contribution in [0.4, 0.5) is 5.13 Å². The number of carbonyl (C=O) groups excluding carboxylic acids is 2. The first kappa shape index (κ1) is 17.6. The number of benzene rings is 2. The van der Waals surface area contributed by atoms with Crippen LogP contribution >= 0.6 is 11.3 Å². The number of anilines is 1. The average Bonchev–Trinajstić information content (AvgIpc) is 3.15. The molecule has 0 saturated carbocycles. The van der Waals surface area contributed by atoms with E-state index in [9.17, 15) is 9.59 Å². The van der Waals surface area contributed by atoms with Crippen LogP contribution < -0.4 is 10.1 Å². The molecule has 0 fully saturated rings. The van der Waals surface area contributed by atoms with E-state index in [1.165, 1.54) is 24.5 Å². The van der Waals surface area contributed by atoms with Crippen molar-refractivity contribution in [2.45, 2.75) is 0 Å². The first-order valence-electron chi connectivity index (χ1n) is 7.71. The molecule has 1 amide bonds. The molecule has 3 rings (SSSR count). The molecule has 0 bridgehead atoms. The number of hydrogen-bond donors (Lipinski definition) is 1. The summed E-state index contributed by atoms with van der Waals surface area (Å²) in [5, 5.41) is 5.05. The molecule has 2 aromatic carbocycles. The molecule has 0 atom stereocenters. The van der Waals surface area contributed by atoms with Crippen molar-refractivity contribution in [1.29, 1.82) is 0 Å². The third kappa shape index (κ3) is 3.73. The van der Waals surface area contributed by atoms with Crippen molar-refractivity contribution in [2.24, 2.45) is 0 Å². The first-order valence-corrected chi connectivity index (χ1v) is 8.59. The first-order chi connectivity index (χ1) is 12.6. The summed E-state index contributed by atoms with van der Waals surface area (Å²) >= 11 is 1.31. The molecule has 3 aromatic rings. The quantitative estimate of drug-likeness (QED) is 0.692. The number of esters is 1. The fraction of sp³-hybridized carbons (Fsp3) is 0.105. The highest BCUT2D eigenvalue weighted by Gasteiger charge is 2.14. The van der Waals surface area contributed by atoms with E-state index in [2.05, 4.69) is 15.0 Å². The minimum absolute atomic E-state index is 0.314. The Morgan fingerprint density at radius 2 is 1.81 bits per heavy atom. The Bertz CT molecular complexity index is 952. The standard InChI is InChI=1S/C19H16N2O4S/c1-24-16-9-4-3-8-14(16)15-11-26-19(20-15)21-17(22)12-6-5-7-13(10-12)18(23)25-2/h3-11H,1-2H3,(H,20,21,22). The monoisotopic (exact) mass is 368 g/mol. The summed E-state index contributed by atoms with van der Waals surface area (Å²) in [6.45, 7) is 0. The highest BCUT2D eigenvalue weighted by Crippen LogP contribution is 2.32. The van der Waals surface area contributed by atoms with Gasteiger partial charge in [0.25, 0.3) is 5.91 Å². The molecule has 0 radical (unpaired) electrons. The van der Waals surface area contributed by atoms with E-state index >= 15 is 0 Å². The summed E-state index contributed by atoms with van der Waals surface area (Å²) < 4.78 is 10.0. The van der Waals surface area contributed by atoms with Gasteiger partial charge in [0.15, 0.2) is 5.13 Å². The number of nitrogens with one attached hydrogen (secondary N) is 1. The Labute approximate surface area is 154 Å². The van der Waals surface area contributed by atoms with Crippen LogP contribution in [0.15, 0.2) is 53.9 Å². The summed E-state index contributed by atoms with van der Waals surface area (Å²) in [7, 11) is 2.90. The number of thiazole rings is 1. The van der Waals surface area contributed by atoms with Gasteiger partial charge in [-0.3, -0.25) is 10.1 Å². The van der Waals surface area contributed by atoms with Crippen molar-refractivity contribution >= 4 is 28.3 Å². The van der Waals surface area contributed by atoms with Gasteiger partial charge >= 0.3 is 5.97 Å². The van der Waals surface area contributed by atoms with Gasteiger partial charge in [0.05, 0.1) is 25.5 Å². The topological polar surface area (TPSA) is 77.5 Å². The van der Waals surface area contributed by atoms with Gasteiger partial charge in [0.2, 0.25) is 0 Å². The molecule has 6 nitrogen and oxygen atoms in total. The fourth-order valence-electron chi connectivity index (χ4n) is 2.39. The number of amides is 1. The predicted molar refractivity (Wildman–Crippen MR) is 99.8 cm³/mol. The van der Waals surface area contributed by atoms with E-state index in [4.69, 9.17) is 4.74 Å². The average molecular weight is 368 g/mol. The molecule has 1 heterocycles. The van der Waals surface area contributed by atoms with Crippen LogP contribution in [0.3, 0.4) is 0 Å². The van der Waals surface area contributed by atoms with Gasteiger partial charge in [0, 0.05) is 16.5 Å². The number of methoxy groups -OCH3 is 2. The molecular formula is C19H16N2O4S. The Kier molecular flexibility index (Phi) is 5.28. The van der Waals surface area contributed by atoms with Crippen LogP contribution in [0.1, 0.15) is 20.7 Å². The van der Waals surface area contributed by atoms with E-state index in [-0.39, 0.29) is 5.91 Å². The zero-order valence-corrected chi connectivity index (χ0v) is 15.0. The van der Waals surface area contributed by atoms with Crippen LogP contribution in [0.2, 0.25) is 0 Å². The van der Waals surface area contributed by atoms with Crippen molar-refractivity contribution in [3.8, 4) is 17.0 Å². The lowest BCUT2D eigenvalue weighted by molar-refractivity contribution is 0.0600. The molecule has 0 spiro atoms. The second-order valence-electron chi connectivity index (χ2n) is 5.26. The molecule has 1 aromatic heterocycles. The lowest BCUT2D eigenvalue weighted by atomic mass is 10.1. The van der Waals surface area contributed by atoms with Crippen LogP contribution in [-0.2, 0) is 4.74 Å². The maximum atomic E-state index is 12.4. The van der Waals surface area contributed by atoms with Crippen LogP contribution in [0.5, 0.6) is 5.75 Å². The van der Waals surface area contributed by atoms with Gasteiger partial charge in [-0.1, -0.05) is 18.2 Å². The molecule has 7 heteroatoms. The number of nitrogens with zero attached hydrogens (tertiary/aromatic N) is 1. The summed E-state index contributed by atoms with van der Waals surface area (Å²) in [5.41, 5.74) is 2.22. The second-order valence-corrected chi connectivity index (χ2v) is 6.12. The Morgan fingerprint density at radius 3 is 2.58 bits per heavy atom. The van der Waals surface area contributed by atoms with Crippen LogP contribution in [0.25, 0.3) is 11.3 Å². The molecule has 0 saturated heterocycles. The zero-order chi connectivity index (χ0) is 18.5. The van der Waals surface area contributed by atoms with Gasteiger partial charge in [0.1, 0.15) is 5.75 Å². The van der Waals surface area contributed by atoms with Gasteiger partial charge in [-0.15, -0.1) is 11.3 Å². The van der Waals surface area contributed by atoms with Crippen LogP contribution in [0, 0.1) is 0 Å². The minimum atomic E-state index is -0.493. The number of ether oxygens (including phenoxy) is 2. The Hall–Kier alpha value is -3.19. The van der Waals surface area contributed by atoms with Gasteiger partial charge < -0.3 is 9.47 Å². The van der Waals surface area contributed by atoms with E-state index in [1.807, 2.05) is 29.6 Å². The van der Waals surface area contributed by atoms with Crippen molar-refractivity contribution in [1.82, 2.24) is 4.98 Å². The largest absolute Gasteiger partial charge is 0.496 e. The van der Waals surface area contributed by atoms with E-state index < -0.39 is 5.97 Å². The van der Waals surface area contributed by atoms with E-state index in [0.29, 0.717) is 27.7 Å². The maximum Gasteiger partial charge on any atom is 0.337 e. The lowest BCUT2D eigenvalue weighted by Crippen LogP contribution is -2.13. The number of aromatic nitrogens is 1. The fourth-order valence-corrected chi connectivity index (χ4v) is 3.09. The number of rotatable bonds is 5. The van der Waals surface area contributed by atoms with E-state index in [0.717, 1.165) is 5.56 Å². The number of para-hydroxylation sites is 1. The maximum absolute atomic E-state index is 12.4. The molecule has 0 aliphatic carbocycles. The minimum Gasteiger partial charge on any atom is -0.496 e. The normalized spacial score (nSPS) is 10.2. The van der Waals surface area contributed by atoms with Gasteiger partial charge in [-0.05, 0) is 30.3 Å². The molecule has 0 aliphatic heterocycles. The molecule has 0 aliphatic rings.